The Hall–Kier alpha value is -1.86. The van der Waals surface area contributed by atoms with Crippen molar-refractivity contribution in [3.63, 3.8) is 0 Å². The first-order valence-electron chi connectivity index (χ1n) is 15.3. The van der Waals surface area contributed by atoms with Gasteiger partial charge in [-0.2, -0.15) is 11.6 Å². The molecule has 46 heavy (non-hydrogen) atoms. The van der Waals surface area contributed by atoms with Gasteiger partial charge in [-0.25, -0.2) is 6.08 Å². The summed E-state index contributed by atoms with van der Waals surface area (Å²) in [5.74, 6) is 0.573. The Balaban J connectivity index is 0.000000241. The molecule has 0 N–H and O–H groups in total. The molecule has 0 aliphatic heterocycles. The fourth-order valence-electron chi connectivity index (χ4n) is 5.16. The van der Waals surface area contributed by atoms with Crippen LogP contribution in [0.1, 0.15) is 67.5 Å². The van der Waals surface area contributed by atoms with E-state index >= 15 is 0 Å². The van der Waals surface area contributed by atoms with Crippen LogP contribution < -0.4 is 24.8 Å². The van der Waals surface area contributed by atoms with E-state index in [1.54, 1.807) is 0 Å². The Morgan fingerprint density at radius 1 is 0.717 bits per heavy atom. The van der Waals surface area contributed by atoms with Gasteiger partial charge in [-0.05, 0) is 27.7 Å². The molecule has 1 aliphatic carbocycles. The first kappa shape index (κ1) is 40.3. The van der Waals surface area contributed by atoms with Gasteiger partial charge in [-0.3, -0.25) is 6.08 Å². The third-order valence-corrected chi connectivity index (χ3v) is 10.3. The molecule has 0 saturated heterocycles. The molecule has 0 saturated carbocycles. The topological polar surface area (TPSA) is 0 Å². The van der Waals surface area contributed by atoms with Crippen LogP contribution in [-0.4, -0.2) is 3.21 Å². The number of allylic oxidation sites excluding steroid dienone is 4. The molecule has 240 valence electrons. The molecule has 1 unspecified atom stereocenters. The van der Waals surface area contributed by atoms with E-state index in [9.17, 15) is 0 Å². The number of hydrogen-bond donors (Lipinski definition) is 0. The molecule has 0 heterocycles. The average Bonchev–Trinajstić information content (AvgIpc) is 3.60. The van der Waals surface area contributed by atoms with Gasteiger partial charge in [0.25, 0.3) is 0 Å². The smallest absolute Gasteiger partial charge is 1.00 e. The van der Waals surface area contributed by atoms with Crippen molar-refractivity contribution in [1.82, 2.24) is 0 Å². The molecule has 1 atom stereocenters. The zero-order valence-corrected chi connectivity index (χ0v) is 33.4. The zero-order chi connectivity index (χ0) is 32.2. The first-order chi connectivity index (χ1) is 20.8. The van der Waals surface area contributed by atoms with Gasteiger partial charge >= 0.3 is 120 Å². The summed E-state index contributed by atoms with van der Waals surface area (Å²) in [5, 5.41) is 7.06. The summed E-state index contributed by atoms with van der Waals surface area (Å²) in [5.41, 5.74) is 9.67. The van der Waals surface area contributed by atoms with E-state index in [1.165, 1.54) is 94.4 Å². The summed E-state index contributed by atoms with van der Waals surface area (Å²) in [6.07, 6.45) is 9.00. The Bertz CT molecular complexity index is 1720. The van der Waals surface area contributed by atoms with Crippen LogP contribution in [0, 0.1) is 45.1 Å². The van der Waals surface area contributed by atoms with Gasteiger partial charge in [-0.1, -0.05) is 79.8 Å². The molecule has 5 aromatic rings. The first-order valence-corrected chi connectivity index (χ1v) is 17.2. The predicted molar refractivity (Wildman–Crippen MR) is 191 cm³/mol. The van der Waals surface area contributed by atoms with Crippen LogP contribution in [-0.2, 0) is 24.2 Å². The Kier molecular flexibility index (Phi) is 15.4. The quantitative estimate of drug-likeness (QED) is 0.186. The minimum atomic E-state index is 0. The number of aryl methyl sites for hydroxylation is 4. The van der Waals surface area contributed by atoms with Crippen molar-refractivity contribution >= 4 is 48.0 Å². The number of hydrogen-bond acceptors (Lipinski definition) is 0. The number of fused-ring (bicyclic) bond motifs is 3. The van der Waals surface area contributed by atoms with Crippen LogP contribution in [0.5, 0.6) is 0 Å². The number of rotatable bonds is 3. The third kappa shape index (κ3) is 10.3. The Morgan fingerprint density at radius 2 is 1.11 bits per heavy atom. The summed E-state index contributed by atoms with van der Waals surface area (Å²) in [4.78, 5) is 0. The molecule has 0 bridgehead atoms. The molecule has 0 radical (unpaired) electrons. The van der Waals surface area contributed by atoms with E-state index in [-0.39, 0.29) is 24.8 Å². The molecule has 6 rings (SSSR count). The minimum absolute atomic E-state index is 0. The van der Waals surface area contributed by atoms with Crippen LogP contribution in [0.4, 0.5) is 0 Å². The average molecular weight is 768 g/mol. The van der Waals surface area contributed by atoms with Crippen LogP contribution in [0.15, 0.2) is 96.6 Å². The van der Waals surface area contributed by atoms with Crippen molar-refractivity contribution in [2.75, 3.05) is 0 Å². The second-order valence-corrected chi connectivity index (χ2v) is 14.9. The Morgan fingerprint density at radius 3 is 1.43 bits per heavy atom. The maximum Gasteiger partial charge on any atom is -1.00 e. The van der Waals surface area contributed by atoms with Gasteiger partial charge in [0.1, 0.15) is 0 Å². The van der Waals surface area contributed by atoms with Gasteiger partial charge in [0.2, 0.25) is 0 Å². The summed E-state index contributed by atoms with van der Waals surface area (Å²) in [6.45, 7) is 17.7. The summed E-state index contributed by atoms with van der Waals surface area (Å²) in [6, 6.07) is 27.4. The Labute approximate surface area is 313 Å². The molecule has 5 heteroatoms. The van der Waals surface area contributed by atoms with E-state index in [2.05, 4.69) is 104 Å². The van der Waals surface area contributed by atoms with E-state index < -0.39 is 0 Å². The maximum atomic E-state index is 5.86. The molecule has 0 nitrogen and oxygen atoms in total. The molecule has 0 amide bonds. The summed E-state index contributed by atoms with van der Waals surface area (Å²) >= 11 is 13.1. The van der Waals surface area contributed by atoms with Crippen molar-refractivity contribution in [2.24, 2.45) is 11.3 Å². The number of halogens is 4. The second-order valence-electron chi connectivity index (χ2n) is 12.8. The van der Waals surface area contributed by atoms with Crippen molar-refractivity contribution in [1.29, 1.82) is 0 Å². The van der Waals surface area contributed by atoms with Crippen molar-refractivity contribution < 1.29 is 49.0 Å². The minimum Gasteiger partial charge on any atom is -1.00 e. The molecule has 5 aromatic carbocycles. The van der Waals surface area contributed by atoms with Gasteiger partial charge in [0.15, 0.2) is 0 Å². The largest absolute Gasteiger partial charge is 1.00 e. The van der Waals surface area contributed by atoms with E-state index in [1.807, 2.05) is 48.5 Å². The monoisotopic (exact) mass is 764 g/mol. The summed E-state index contributed by atoms with van der Waals surface area (Å²) < 4.78 is 1.31. The van der Waals surface area contributed by atoms with Crippen molar-refractivity contribution in [2.45, 2.75) is 61.8 Å². The molecular formula is C41H42Cl4Zr-2. The standard InChI is InChI=1S/C17H17.C13H8Cl2.C11H17.2ClH.Zr/c1-10-5-14-9-15-6-11(2)13(4)8-17(15)16(14)7-12(10)3;14-12-5-1-10(2-6-12)9-11-3-7-13(15)8-4-11;1-5-9-6-7-10(8-9)11(2,3)4;;;/h5-9H,1-4H3;1-8H;7-9H,5H2,1-4H3;2*1H;/q-1;;-1;;;+2/p-2. The molecule has 0 spiro atoms. The van der Waals surface area contributed by atoms with Crippen LogP contribution in [0.3, 0.4) is 0 Å². The molecule has 0 aromatic heterocycles. The van der Waals surface area contributed by atoms with Crippen LogP contribution in [0.2, 0.25) is 10.0 Å². The second kappa shape index (κ2) is 17.5. The van der Waals surface area contributed by atoms with Crippen molar-refractivity contribution in [3.8, 4) is 0 Å². The fourth-order valence-corrected chi connectivity index (χ4v) is 6.23. The van der Waals surface area contributed by atoms with Crippen molar-refractivity contribution in [3.05, 3.63) is 146 Å². The maximum absolute atomic E-state index is 5.86. The van der Waals surface area contributed by atoms with Gasteiger partial charge < -0.3 is 24.8 Å². The van der Waals surface area contributed by atoms with E-state index in [0.717, 1.165) is 10.0 Å². The molecule has 1 aliphatic rings. The van der Waals surface area contributed by atoms with E-state index in [0.29, 0.717) is 11.3 Å². The molecule has 0 fully saturated rings. The van der Waals surface area contributed by atoms with Crippen LogP contribution >= 0.6 is 23.2 Å². The normalized spacial score (nSPS) is 13.6. The number of benzene rings is 4. The molecular weight excluding hydrogens is 725 g/mol. The zero-order valence-electron chi connectivity index (χ0n) is 28.0. The van der Waals surface area contributed by atoms with Gasteiger partial charge in [0.05, 0.1) is 0 Å². The fraction of sp³-hybridized carbons (Fsp3) is 0.268. The summed E-state index contributed by atoms with van der Waals surface area (Å²) in [7, 11) is 0. The van der Waals surface area contributed by atoms with E-state index in [4.69, 9.17) is 23.2 Å². The van der Waals surface area contributed by atoms with Crippen LogP contribution in [0.25, 0.3) is 21.5 Å². The predicted octanol–water partition coefficient (Wildman–Crippen LogP) is 6.42. The third-order valence-electron chi connectivity index (χ3n) is 8.34. The van der Waals surface area contributed by atoms with Gasteiger partial charge in [-0.15, -0.1) is 39.7 Å². The van der Waals surface area contributed by atoms with Gasteiger partial charge in [0, 0.05) is 0 Å². The SMILES string of the molecule is CCC1[C-]=CC(C(C)(C)C)=C1.Cc1cc2[cH-]c3cc(C)c(C)cc3c2cc1C.Clc1ccc([C](=[Zr+2])c2ccc(Cl)cc2)cc1.[Cl-].[Cl-].